The van der Waals surface area contributed by atoms with Crippen molar-refractivity contribution < 1.29 is 31.5 Å². The number of nitrogens with zero attached hydrogens (tertiary/aromatic N) is 5. The lowest BCUT2D eigenvalue weighted by Crippen LogP contribution is -2.34. The largest absolute Gasteiger partial charge is 0.459 e. The topological polar surface area (TPSA) is 89.3 Å². The molecule has 0 fully saturated rings. The van der Waals surface area contributed by atoms with Crippen LogP contribution >= 0.6 is 11.6 Å². The van der Waals surface area contributed by atoms with Crippen molar-refractivity contribution in [2.75, 3.05) is 0 Å². The molecule has 7 nitrogen and oxygen atoms in total. The maximum absolute atomic E-state index is 14.4. The van der Waals surface area contributed by atoms with Crippen LogP contribution in [0.5, 0.6) is 0 Å². The predicted octanol–water partition coefficient (Wildman–Crippen LogP) is 5.40. The Morgan fingerprint density at radius 1 is 1.03 bits per heavy atom. The van der Waals surface area contributed by atoms with Crippen molar-refractivity contribution in [1.82, 2.24) is 24.6 Å². The molecule has 0 aliphatic carbocycles. The van der Waals surface area contributed by atoms with Gasteiger partial charge in [-0.25, -0.2) is 9.97 Å². The van der Waals surface area contributed by atoms with E-state index in [2.05, 4.69) is 20.2 Å². The van der Waals surface area contributed by atoms with Gasteiger partial charge in [0.05, 0.1) is 6.61 Å². The number of benzene rings is 1. The summed E-state index contributed by atoms with van der Waals surface area (Å²) in [6.07, 6.45) is -3.46. The van der Waals surface area contributed by atoms with Gasteiger partial charge in [-0.05, 0) is 41.0 Å². The van der Waals surface area contributed by atoms with Crippen LogP contribution in [0.1, 0.15) is 11.3 Å². The highest BCUT2D eigenvalue weighted by atomic mass is 35.5. The molecule has 34 heavy (non-hydrogen) atoms. The SMILES string of the molecule is OCc1ccc(-c2cc(C(F)(F)C(F)(F)F)nc3c2ccc2nc(-c4nnco4)cn23)cc1Cl. The van der Waals surface area contributed by atoms with E-state index >= 15 is 0 Å². The highest BCUT2D eigenvalue weighted by Gasteiger charge is 2.60. The van der Waals surface area contributed by atoms with Crippen molar-refractivity contribution in [2.24, 2.45) is 0 Å². The summed E-state index contributed by atoms with van der Waals surface area (Å²) in [5.41, 5.74) is -0.654. The molecule has 0 atom stereocenters. The number of aliphatic hydroxyl groups excluding tert-OH is 1. The number of aliphatic hydroxyl groups is 1. The number of alkyl halides is 5. The average molecular weight is 496 g/mol. The Hall–Kier alpha value is -3.64. The first-order valence-corrected chi connectivity index (χ1v) is 9.92. The van der Waals surface area contributed by atoms with Crippen LogP contribution in [0, 0.1) is 0 Å². The summed E-state index contributed by atoms with van der Waals surface area (Å²) in [6, 6.07) is 8.01. The van der Waals surface area contributed by atoms with Crippen LogP contribution in [-0.2, 0) is 12.5 Å². The molecule has 1 N–H and O–H groups in total. The van der Waals surface area contributed by atoms with Gasteiger partial charge in [-0.2, -0.15) is 22.0 Å². The molecular formula is C21H11ClF5N5O2. The zero-order chi connectivity index (χ0) is 24.3. The fourth-order valence-electron chi connectivity index (χ4n) is 3.50. The van der Waals surface area contributed by atoms with Crippen LogP contribution in [0.15, 0.2) is 53.4 Å². The second-order valence-electron chi connectivity index (χ2n) is 7.26. The molecule has 0 spiro atoms. The van der Waals surface area contributed by atoms with E-state index in [-0.39, 0.29) is 51.0 Å². The molecule has 13 heteroatoms. The summed E-state index contributed by atoms with van der Waals surface area (Å²) < 4.78 is 74.9. The fourth-order valence-corrected chi connectivity index (χ4v) is 3.75. The van der Waals surface area contributed by atoms with Crippen molar-refractivity contribution in [2.45, 2.75) is 18.7 Å². The summed E-state index contributed by atoms with van der Waals surface area (Å²) >= 11 is 6.15. The first-order chi connectivity index (χ1) is 16.1. The monoisotopic (exact) mass is 495 g/mol. The molecule has 0 unspecified atom stereocenters. The minimum atomic E-state index is -5.87. The van der Waals surface area contributed by atoms with E-state index < -0.39 is 17.8 Å². The third-order valence-corrected chi connectivity index (χ3v) is 5.54. The molecule has 4 heterocycles. The molecule has 0 bridgehead atoms. The van der Waals surface area contributed by atoms with Crippen molar-refractivity contribution in [3.63, 3.8) is 0 Å². The maximum atomic E-state index is 14.4. The van der Waals surface area contributed by atoms with Gasteiger partial charge in [0.15, 0.2) is 0 Å². The third-order valence-electron chi connectivity index (χ3n) is 5.19. The number of rotatable bonds is 4. The van der Waals surface area contributed by atoms with E-state index in [1.54, 1.807) is 6.07 Å². The molecule has 174 valence electrons. The lowest BCUT2D eigenvalue weighted by Gasteiger charge is -2.21. The van der Waals surface area contributed by atoms with Crippen LogP contribution in [0.2, 0.25) is 5.02 Å². The Morgan fingerprint density at radius 2 is 1.82 bits per heavy atom. The minimum Gasteiger partial charge on any atom is -0.422 e. The molecule has 0 aliphatic rings. The lowest BCUT2D eigenvalue weighted by molar-refractivity contribution is -0.290. The van der Waals surface area contributed by atoms with Gasteiger partial charge in [0, 0.05) is 16.6 Å². The number of aromatic nitrogens is 5. The molecule has 0 amide bonds. The van der Waals surface area contributed by atoms with E-state index in [1.807, 2.05) is 0 Å². The van der Waals surface area contributed by atoms with Gasteiger partial charge >= 0.3 is 12.1 Å². The van der Waals surface area contributed by atoms with Crippen molar-refractivity contribution >= 4 is 28.3 Å². The smallest absolute Gasteiger partial charge is 0.422 e. The first kappa shape index (κ1) is 22.2. The number of pyridine rings is 2. The Morgan fingerprint density at radius 3 is 2.47 bits per heavy atom. The Balaban J connectivity index is 1.84. The van der Waals surface area contributed by atoms with Gasteiger partial charge in [0.1, 0.15) is 22.7 Å². The average Bonchev–Trinajstić information content (AvgIpc) is 3.47. The lowest BCUT2D eigenvalue weighted by atomic mass is 9.99. The van der Waals surface area contributed by atoms with Gasteiger partial charge in [0.25, 0.3) is 5.89 Å². The molecule has 1 aromatic carbocycles. The van der Waals surface area contributed by atoms with Crippen LogP contribution in [0.25, 0.3) is 39.4 Å². The zero-order valence-electron chi connectivity index (χ0n) is 16.7. The summed E-state index contributed by atoms with van der Waals surface area (Å²) in [4.78, 5) is 7.95. The number of hydrogen-bond acceptors (Lipinski definition) is 6. The minimum absolute atomic E-state index is 0.0280. The van der Waals surface area contributed by atoms with Crippen molar-refractivity contribution in [3.05, 3.63) is 65.3 Å². The number of halogens is 6. The van der Waals surface area contributed by atoms with E-state index in [9.17, 15) is 27.1 Å². The molecule has 0 saturated carbocycles. The van der Waals surface area contributed by atoms with Crippen LogP contribution < -0.4 is 0 Å². The van der Waals surface area contributed by atoms with E-state index in [0.29, 0.717) is 11.6 Å². The Bertz CT molecular complexity index is 1530. The van der Waals surface area contributed by atoms with Gasteiger partial charge in [-0.1, -0.05) is 23.7 Å². The van der Waals surface area contributed by atoms with Crippen LogP contribution in [-0.4, -0.2) is 35.8 Å². The van der Waals surface area contributed by atoms with Gasteiger partial charge in [0.2, 0.25) is 6.39 Å². The molecule has 5 aromatic rings. The molecular weight excluding hydrogens is 485 g/mol. The molecule has 0 saturated heterocycles. The number of hydrogen-bond donors (Lipinski definition) is 1. The quantitative estimate of drug-likeness (QED) is 0.336. The van der Waals surface area contributed by atoms with E-state index in [1.165, 1.54) is 34.9 Å². The van der Waals surface area contributed by atoms with E-state index in [0.717, 1.165) is 6.39 Å². The Kier molecular flexibility index (Phi) is 5.02. The fraction of sp³-hybridized carbons (Fsp3) is 0.143. The van der Waals surface area contributed by atoms with Crippen molar-refractivity contribution in [1.29, 1.82) is 0 Å². The van der Waals surface area contributed by atoms with Crippen molar-refractivity contribution in [3.8, 4) is 22.7 Å². The molecule has 0 radical (unpaired) electrons. The predicted molar refractivity (Wildman–Crippen MR) is 110 cm³/mol. The highest BCUT2D eigenvalue weighted by Crippen LogP contribution is 2.45. The zero-order valence-corrected chi connectivity index (χ0v) is 17.4. The highest BCUT2D eigenvalue weighted by molar-refractivity contribution is 6.31. The first-order valence-electron chi connectivity index (χ1n) is 9.54. The summed E-state index contributed by atoms with van der Waals surface area (Å²) in [6.45, 7) is -0.373. The molecule has 0 aliphatic heterocycles. The second-order valence-corrected chi connectivity index (χ2v) is 7.67. The third kappa shape index (κ3) is 3.46. The normalized spacial score (nSPS) is 12.7. The number of imidazole rings is 1. The maximum Gasteiger partial charge on any atom is 0.459 e. The summed E-state index contributed by atoms with van der Waals surface area (Å²) in [7, 11) is 0. The van der Waals surface area contributed by atoms with E-state index in [4.69, 9.17) is 16.0 Å². The second kappa shape index (κ2) is 7.71. The van der Waals surface area contributed by atoms with Gasteiger partial charge in [-0.15, -0.1) is 10.2 Å². The summed E-state index contributed by atoms with van der Waals surface area (Å²) in [5, 5.41) is 17.0. The van der Waals surface area contributed by atoms with Crippen LogP contribution in [0.4, 0.5) is 22.0 Å². The van der Waals surface area contributed by atoms with Crippen LogP contribution in [0.3, 0.4) is 0 Å². The number of fused-ring (bicyclic) bond motifs is 3. The summed E-state index contributed by atoms with van der Waals surface area (Å²) in [5.74, 6) is -5.21. The Labute approximate surface area is 191 Å². The molecule has 4 aromatic heterocycles. The standard InChI is InChI=1S/C21H11ClF5N5O2/c22-14-5-10(1-2-11(14)8-33)13-6-16(20(23,24)21(25,26)27)30-18-12(13)3-4-17-29-15(7-32(17)18)19-31-28-9-34-19/h1-7,9,33H,8H2. The molecule has 5 rings (SSSR count). The van der Waals surface area contributed by atoms with Gasteiger partial charge < -0.3 is 9.52 Å². The van der Waals surface area contributed by atoms with Gasteiger partial charge in [-0.3, -0.25) is 4.40 Å².